The zero-order valence-electron chi connectivity index (χ0n) is 13.3. The molecule has 0 spiro atoms. The maximum atomic E-state index is 12.3. The zero-order valence-corrected chi connectivity index (χ0v) is 14.1. The SMILES string of the molecule is CCOc1ccccc1NC(=O)Cn1c(SC)nc(C)cc1=O. The van der Waals surface area contributed by atoms with Crippen LogP contribution in [-0.4, -0.2) is 28.3 Å². The molecular weight excluding hydrogens is 314 g/mol. The van der Waals surface area contributed by atoms with Crippen molar-refractivity contribution in [1.29, 1.82) is 0 Å². The van der Waals surface area contributed by atoms with Gasteiger partial charge in [0.1, 0.15) is 12.3 Å². The molecule has 1 aromatic carbocycles. The monoisotopic (exact) mass is 333 g/mol. The fraction of sp³-hybridized carbons (Fsp3) is 0.312. The van der Waals surface area contributed by atoms with E-state index in [2.05, 4.69) is 10.3 Å². The number of aromatic nitrogens is 2. The Labute approximate surface area is 138 Å². The third-order valence-electron chi connectivity index (χ3n) is 3.05. The van der Waals surface area contributed by atoms with Crippen molar-refractivity contribution >= 4 is 23.4 Å². The Balaban J connectivity index is 2.19. The maximum absolute atomic E-state index is 12.3. The van der Waals surface area contributed by atoms with Crippen LogP contribution in [0.15, 0.2) is 40.3 Å². The number of aryl methyl sites for hydroxylation is 1. The molecule has 0 aliphatic rings. The Morgan fingerprint density at radius 2 is 2.13 bits per heavy atom. The van der Waals surface area contributed by atoms with E-state index in [1.165, 1.54) is 22.4 Å². The van der Waals surface area contributed by atoms with Crippen molar-refractivity contribution in [3.63, 3.8) is 0 Å². The number of carbonyl (C=O) groups is 1. The highest BCUT2D eigenvalue weighted by molar-refractivity contribution is 7.98. The highest BCUT2D eigenvalue weighted by atomic mass is 32.2. The second-order valence-corrected chi connectivity index (χ2v) is 5.56. The first-order chi connectivity index (χ1) is 11.0. The molecular formula is C16H19N3O3S. The molecule has 23 heavy (non-hydrogen) atoms. The maximum Gasteiger partial charge on any atom is 0.254 e. The number of rotatable bonds is 6. The number of para-hydroxylation sites is 2. The molecule has 0 radical (unpaired) electrons. The summed E-state index contributed by atoms with van der Waals surface area (Å²) in [6.45, 7) is 4.04. The molecule has 0 saturated heterocycles. The molecule has 1 heterocycles. The summed E-state index contributed by atoms with van der Waals surface area (Å²) >= 11 is 1.33. The summed E-state index contributed by atoms with van der Waals surface area (Å²) in [4.78, 5) is 28.6. The van der Waals surface area contributed by atoms with Crippen LogP contribution in [-0.2, 0) is 11.3 Å². The first kappa shape index (κ1) is 17.1. The highest BCUT2D eigenvalue weighted by Gasteiger charge is 2.12. The summed E-state index contributed by atoms with van der Waals surface area (Å²) < 4.78 is 6.83. The molecule has 1 aromatic heterocycles. The van der Waals surface area contributed by atoms with Crippen molar-refractivity contribution in [1.82, 2.24) is 9.55 Å². The normalized spacial score (nSPS) is 10.4. The quantitative estimate of drug-likeness (QED) is 0.649. The average Bonchev–Trinajstić information content (AvgIpc) is 2.52. The van der Waals surface area contributed by atoms with Gasteiger partial charge in [-0.25, -0.2) is 4.98 Å². The largest absolute Gasteiger partial charge is 0.492 e. The number of amides is 1. The van der Waals surface area contributed by atoms with Gasteiger partial charge in [-0.15, -0.1) is 0 Å². The summed E-state index contributed by atoms with van der Waals surface area (Å²) in [7, 11) is 0. The number of ether oxygens (including phenoxy) is 1. The minimum atomic E-state index is -0.305. The van der Waals surface area contributed by atoms with E-state index in [0.717, 1.165) is 0 Å². The predicted molar refractivity (Wildman–Crippen MR) is 91.3 cm³/mol. The van der Waals surface area contributed by atoms with Crippen LogP contribution in [0.3, 0.4) is 0 Å². The van der Waals surface area contributed by atoms with Crippen molar-refractivity contribution < 1.29 is 9.53 Å². The molecule has 122 valence electrons. The van der Waals surface area contributed by atoms with Crippen molar-refractivity contribution in [3.05, 3.63) is 46.4 Å². The van der Waals surface area contributed by atoms with Crippen LogP contribution < -0.4 is 15.6 Å². The van der Waals surface area contributed by atoms with E-state index in [1.54, 1.807) is 19.1 Å². The zero-order chi connectivity index (χ0) is 16.8. The van der Waals surface area contributed by atoms with Gasteiger partial charge in [-0.2, -0.15) is 0 Å². The molecule has 1 N–H and O–H groups in total. The van der Waals surface area contributed by atoms with Crippen LogP contribution in [0.4, 0.5) is 5.69 Å². The summed E-state index contributed by atoms with van der Waals surface area (Å²) in [5.74, 6) is 0.294. The van der Waals surface area contributed by atoms with Crippen LogP contribution in [0.1, 0.15) is 12.6 Å². The van der Waals surface area contributed by atoms with Gasteiger partial charge in [0.15, 0.2) is 5.16 Å². The lowest BCUT2D eigenvalue weighted by Crippen LogP contribution is -2.29. The number of carbonyl (C=O) groups excluding carboxylic acids is 1. The molecule has 0 fully saturated rings. The van der Waals surface area contributed by atoms with Crippen LogP contribution in [0.2, 0.25) is 0 Å². The van der Waals surface area contributed by atoms with Crippen molar-refractivity contribution in [2.45, 2.75) is 25.5 Å². The van der Waals surface area contributed by atoms with E-state index in [9.17, 15) is 9.59 Å². The first-order valence-electron chi connectivity index (χ1n) is 7.19. The summed E-state index contributed by atoms with van der Waals surface area (Å²) in [6, 6.07) is 8.60. The lowest BCUT2D eigenvalue weighted by atomic mass is 10.3. The van der Waals surface area contributed by atoms with Gasteiger partial charge in [0.05, 0.1) is 12.3 Å². The number of hydrogen-bond donors (Lipinski definition) is 1. The second-order valence-electron chi connectivity index (χ2n) is 4.79. The van der Waals surface area contributed by atoms with Gasteiger partial charge >= 0.3 is 0 Å². The van der Waals surface area contributed by atoms with E-state index in [1.807, 2.05) is 25.3 Å². The Morgan fingerprint density at radius 3 is 2.83 bits per heavy atom. The van der Waals surface area contributed by atoms with Crippen LogP contribution in [0.5, 0.6) is 5.75 Å². The summed E-state index contributed by atoms with van der Waals surface area (Å²) in [5.41, 5.74) is 0.978. The smallest absolute Gasteiger partial charge is 0.254 e. The Morgan fingerprint density at radius 1 is 1.39 bits per heavy atom. The van der Waals surface area contributed by atoms with Crippen molar-refractivity contribution in [2.75, 3.05) is 18.2 Å². The summed E-state index contributed by atoms with van der Waals surface area (Å²) in [6.07, 6.45) is 1.82. The molecule has 0 saturated carbocycles. The Bertz CT molecular complexity index is 758. The Hall–Kier alpha value is -2.28. The number of thioether (sulfide) groups is 1. The van der Waals surface area contributed by atoms with Crippen molar-refractivity contribution in [2.24, 2.45) is 0 Å². The molecule has 2 aromatic rings. The molecule has 1 amide bonds. The van der Waals surface area contributed by atoms with Gasteiger partial charge in [-0.3, -0.25) is 14.2 Å². The minimum absolute atomic E-state index is 0.0945. The molecule has 7 heteroatoms. The Kier molecular flexibility index (Phi) is 5.81. The third kappa shape index (κ3) is 4.35. The number of hydrogen-bond acceptors (Lipinski definition) is 5. The molecule has 2 rings (SSSR count). The van der Waals surface area contributed by atoms with E-state index < -0.39 is 0 Å². The summed E-state index contributed by atoms with van der Waals surface area (Å²) in [5, 5.41) is 3.29. The van der Waals surface area contributed by atoms with Crippen LogP contribution in [0, 0.1) is 6.92 Å². The van der Waals surface area contributed by atoms with E-state index in [0.29, 0.717) is 28.9 Å². The van der Waals surface area contributed by atoms with Crippen LogP contribution >= 0.6 is 11.8 Å². The molecule has 0 aliphatic carbocycles. The lowest BCUT2D eigenvalue weighted by Gasteiger charge is -2.13. The molecule has 0 atom stereocenters. The molecule has 0 bridgehead atoms. The number of nitrogens with zero attached hydrogens (tertiary/aromatic N) is 2. The van der Waals surface area contributed by atoms with Gasteiger partial charge in [-0.05, 0) is 32.2 Å². The third-order valence-corrected chi connectivity index (χ3v) is 3.72. The first-order valence-corrected chi connectivity index (χ1v) is 8.41. The van der Waals surface area contributed by atoms with E-state index in [4.69, 9.17) is 4.74 Å². The van der Waals surface area contributed by atoms with Gasteiger partial charge in [0.25, 0.3) is 5.56 Å². The van der Waals surface area contributed by atoms with Crippen molar-refractivity contribution in [3.8, 4) is 5.75 Å². The lowest BCUT2D eigenvalue weighted by molar-refractivity contribution is -0.116. The standard InChI is InChI=1S/C16H19N3O3S/c1-4-22-13-8-6-5-7-12(13)18-14(20)10-19-15(21)9-11(2)17-16(19)23-3/h5-9H,4,10H2,1-3H3,(H,18,20). The molecule has 6 nitrogen and oxygen atoms in total. The minimum Gasteiger partial charge on any atom is -0.492 e. The topological polar surface area (TPSA) is 73.2 Å². The molecule has 0 unspecified atom stereocenters. The van der Waals surface area contributed by atoms with Gasteiger partial charge < -0.3 is 10.1 Å². The molecule has 0 aliphatic heterocycles. The number of benzene rings is 1. The van der Waals surface area contributed by atoms with Gasteiger partial charge in [0.2, 0.25) is 5.91 Å². The second kappa shape index (κ2) is 7.82. The van der Waals surface area contributed by atoms with Gasteiger partial charge in [-0.1, -0.05) is 23.9 Å². The predicted octanol–water partition coefficient (Wildman–Crippen LogP) is 2.31. The number of anilines is 1. The highest BCUT2D eigenvalue weighted by Crippen LogP contribution is 2.23. The average molecular weight is 333 g/mol. The van der Waals surface area contributed by atoms with Crippen LogP contribution in [0.25, 0.3) is 0 Å². The van der Waals surface area contributed by atoms with E-state index in [-0.39, 0.29) is 18.0 Å². The van der Waals surface area contributed by atoms with Gasteiger partial charge in [0, 0.05) is 11.8 Å². The fourth-order valence-corrected chi connectivity index (χ4v) is 2.69. The van der Waals surface area contributed by atoms with E-state index >= 15 is 0 Å². The fourth-order valence-electron chi connectivity index (χ4n) is 2.08. The number of nitrogens with one attached hydrogen (secondary N) is 1.